The van der Waals surface area contributed by atoms with E-state index in [1.807, 2.05) is 18.3 Å². The largest absolute Gasteiger partial charge is 0.264 e. The number of rotatable bonds is 2. The molecule has 0 spiro atoms. The van der Waals surface area contributed by atoms with Crippen LogP contribution in [0, 0.1) is 11.3 Å². The van der Waals surface area contributed by atoms with Crippen molar-refractivity contribution in [2.24, 2.45) is 0 Å². The maximum Gasteiger partial charge on any atom is 0.0638 e. The Bertz CT molecular complexity index is 330. The SMILES string of the molecule is N#CCC1CC(c2cccnc2)NN1. The summed E-state index contributed by atoms with van der Waals surface area (Å²) >= 11 is 0. The summed E-state index contributed by atoms with van der Waals surface area (Å²) in [4.78, 5) is 4.07. The standard InChI is InChI=1S/C10H12N4/c11-4-3-9-6-10(14-13-9)8-2-1-5-12-7-8/h1-2,5,7,9-10,13-14H,3,6H2. The van der Waals surface area contributed by atoms with Crippen LogP contribution >= 0.6 is 0 Å². The zero-order valence-electron chi connectivity index (χ0n) is 7.77. The second-order valence-electron chi connectivity index (χ2n) is 3.42. The van der Waals surface area contributed by atoms with Gasteiger partial charge in [-0.05, 0) is 18.1 Å². The lowest BCUT2D eigenvalue weighted by atomic mass is 10.0. The fourth-order valence-corrected chi connectivity index (χ4v) is 1.67. The van der Waals surface area contributed by atoms with Gasteiger partial charge < -0.3 is 0 Å². The Morgan fingerprint density at radius 1 is 1.57 bits per heavy atom. The molecule has 2 N–H and O–H groups in total. The zero-order chi connectivity index (χ0) is 9.80. The Balaban J connectivity index is 2.00. The van der Waals surface area contributed by atoms with Crippen LogP contribution in [0.4, 0.5) is 0 Å². The molecule has 1 aliphatic rings. The fourth-order valence-electron chi connectivity index (χ4n) is 1.67. The number of pyridine rings is 1. The lowest BCUT2D eigenvalue weighted by Crippen LogP contribution is -2.30. The highest BCUT2D eigenvalue weighted by Gasteiger charge is 2.24. The molecule has 1 aliphatic heterocycles. The van der Waals surface area contributed by atoms with Gasteiger partial charge in [0.25, 0.3) is 0 Å². The first-order chi connectivity index (χ1) is 6.90. The first-order valence-corrected chi connectivity index (χ1v) is 4.68. The maximum atomic E-state index is 8.55. The van der Waals surface area contributed by atoms with E-state index in [1.54, 1.807) is 6.20 Å². The van der Waals surface area contributed by atoms with Crippen LogP contribution < -0.4 is 10.9 Å². The van der Waals surface area contributed by atoms with Crippen LogP contribution in [0.2, 0.25) is 0 Å². The summed E-state index contributed by atoms with van der Waals surface area (Å²) in [5, 5.41) is 8.55. The molecule has 0 aromatic carbocycles. The molecule has 1 aromatic rings. The third kappa shape index (κ3) is 1.90. The minimum Gasteiger partial charge on any atom is -0.264 e. The van der Waals surface area contributed by atoms with E-state index in [1.165, 1.54) is 5.56 Å². The van der Waals surface area contributed by atoms with Gasteiger partial charge in [-0.3, -0.25) is 10.4 Å². The van der Waals surface area contributed by atoms with Gasteiger partial charge in [-0.1, -0.05) is 6.07 Å². The predicted molar refractivity (Wildman–Crippen MR) is 51.9 cm³/mol. The number of hydrogen-bond acceptors (Lipinski definition) is 4. The van der Waals surface area contributed by atoms with Gasteiger partial charge in [-0.25, -0.2) is 5.43 Å². The Kier molecular flexibility index (Phi) is 2.73. The summed E-state index contributed by atoms with van der Waals surface area (Å²) in [5.41, 5.74) is 7.44. The van der Waals surface area contributed by atoms with E-state index < -0.39 is 0 Å². The van der Waals surface area contributed by atoms with Crippen LogP contribution in [0.5, 0.6) is 0 Å². The van der Waals surface area contributed by atoms with E-state index in [2.05, 4.69) is 21.9 Å². The highest BCUT2D eigenvalue weighted by molar-refractivity contribution is 5.15. The third-order valence-corrected chi connectivity index (χ3v) is 2.41. The highest BCUT2D eigenvalue weighted by atomic mass is 15.4. The van der Waals surface area contributed by atoms with Crippen molar-refractivity contribution < 1.29 is 0 Å². The molecule has 1 saturated heterocycles. The molecule has 4 nitrogen and oxygen atoms in total. The molecule has 2 heterocycles. The molecule has 0 amide bonds. The Hall–Kier alpha value is -1.44. The lowest BCUT2D eigenvalue weighted by molar-refractivity contribution is 0.546. The summed E-state index contributed by atoms with van der Waals surface area (Å²) in [6.07, 6.45) is 5.11. The number of nitrogens with one attached hydrogen (secondary N) is 2. The average Bonchev–Trinajstić information content (AvgIpc) is 2.68. The van der Waals surface area contributed by atoms with Crippen molar-refractivity contribution >= 4 is 0 Å². The monoisotopic (exact) mass is 188 g/mol. The number of aromatic nitrogens is 1. The van der Waals surface area contributed by atoms with Crippen molar-refractivity contribution in [2.75, 3.05) is 0 Å². The van der Waals surface area contributed by atoms with E-state index in [4.69, 9.17) is 5.26 Å². The van der Waals surface area contributed by atoms with Gasteiger partial charge in [0, 0.05) is 24.5 Å². The molecule has 14 heavy (non-hydrogen) atoms. The molecule has 2 unspecified atom stereocenters. The van der Waals surface area contributed by atoms with Crippen LogP contribution in [-0.2, 0) is 0 Å². The van der Waals surface area contributed by atoms with Crippen molar-refractivity contribution in [2.45, 2.75) is 24.9 Å². The van der Waals surface area contributed by atoms with Gasteiger partial charge in [0.15, 0.2) is 0 Å². The summed E-state index contributed by atoms with van der Waals surface area (Å²) in [7, 11) is 0. The zero-order valence-corrected chi connectivity index (χ0v) is 7.77. The van der Waals surface area contributed by atoms with Gasteiger partial charge in [0.2, 0.25) is 0 Å². The van der Waals surface area contributed by atoms with Gasteiger partial charge in [-0.15, -0.1) is 0 Å². The summed E-state index contributed by atoms with van der Waals surface area (Å²) in [6.45, 7) is 0. The normalized spacial score (nSPS) is 25.9. The summed E-state index contributed by atoms with van der Waals surface area (Å²) in [5.74, 6) is 0. The van der Waals surface area contributed by atoms with Crippen molar-refractivity contribution in [1.82, 2.24) is 15.8 Å². The van der Waals surface area contributed by atoms with E-state index in [9.17, 15) is 0 Å². The third-order valence-electron chi connectivity index (χ3n) is 2.41. The Morgan fingerprint density at radius 3 is 3.21 bits per heavy atom. The van der Waals surface area contributed by atoms with Crippen molar-refractivity contribution in [1.29, 1.82) is 5.26 Å². The van der Waals surface area contributed by atoms with Crippen LogP contribution in [0.3, 0.4) is 0 Å². The molecule has 0 radical (unpaired) electrons. The van der Waals surface area contributed by atoms with Gasteiger partial charge in [-0.2, -0.15) is 5.26 Å². The average molecular weight is 188 g/mol. The van der Waals surface area contributed by atoms with Gasteiger partial charge >= 0.3 is 0 Å². The molecule has 0 saturated carbocycles. The number of nitriles is 1. The maximum absolute atomic E-state index is 8.55. The molecule has 0 aliphatic carbocycles. The topological polar surface area (TPSA) is 60.7 Å². The van der Waals surface area contributed by atoms with E-state index in [0.717, 1.165) is 6.42 Å². The van der Waals surface area contributed by atoms with Crippen LogP contribution in [0.25, 0.3) is 0 Å². The van der Waals surface area contributed by atoms with Crippen molar-refractivity contribution in [3.8, 4) is 6.07 Å². The number of hydrazine groups is 1. The summed E-state index contributed by atoms with van der Waals surface area (Å²) < 4.78 is 0. The molecular formula is C10H12N4. The molecule has 1 fully saturated rings. The van der Waals surface area contributed by atoms with Crippen molar-refractivity contribution in [3.63, 3.8) is 0 Å². The van der Waals surface area contributed by atoms with Gasteiger partial charge in [0.05, 0.1) is 12.5 Å². The fraction of sp³-hybridized carbons (Fsp3) is 0.400. The first-order valence-electron chi connectivity index (χ1n) is 4.68. The molecule has 0 bridgehead atoms. The minimum absolute atomic E-state index is 0.255. The van der Waals surface area contributed by atoms with Crippen LogP contribution in [0.1, 0.15) is 24.4 Å². The molecular weight excluding hydrogens is 176 g/mol. The highest BCUT2D eigenvalue weighted by Crippen LogP contribution is 2.22. The minimum atomic E-state index is 0.255. The number of nitrogens with zero attached hydrogens (tertiary/aromatic N) is 2. The Labute approximate surface area is 82.9 Å². The van der Waals surface area contributed by atoms with Crippen LogP contribution in [-0.4, -0.2) is 11.0 Å². The molecule has 1 aromatic heterocycles. The van der Waals surface area contributed by atoms with E-state index >= 15 is 0 Å². The molecule has 2 atom stereocenters. The summed E-state index contributed by atoms with van der Waals surface area (Å²) in [6, 6.07) is 6.67. The lowest BCUT2D eigenvalue weighted by Gasteiger charge is -2.07. The van der Waals surface area contributed by atoms with Crippen LogP contribution in [0.15, 0.2) is 24.5 Å². The van der Waals surface area contributed by atoms with Gasteiger partial charge in [0.1, 0.15) is 0 Å². The Morgan fingerprint density at radius 2 is 2.50 bits per heavy atom. The van der Waals surface area contributed by atoms with E-state index in [-0.39, 0.29) is 12.1 Å². The quantitative estimate of drug-likeness (QED) is 0.724. The molecule has 72 valence electrons. The molecule has 2 rings (SSSR count). The van der Waals surface area contributed by atoms with E-state index in [0.29, 0.717) is 6.42 Å². The first kappa shape index (κ1) is 9.13. The number of hydrogen-bond donors (Lipinski definition) is 2. The second kappa shape index (κ2) is 4.18. The molecule has 4 heteroatoms. The smallest absolute Gasteiger partial charge is 0.0638 e. The predicted octanol–water partition coefficient (Wildman–Crippen LogP) is 0.903. The second-order valence-corrected chi connectivity index (χ2v) is 3.42. The van der Waals surface area contributed by atoms with Crippen molar-refractivity contribution in [3.05, 3.63) is 30.1 Å².